The van der Waals surface area contributed by atoms with Crippen LogP contribution in [0.15, 0.2) is 18.2 Å². The first-order valence-electron chi connectivity index (χ1n) is 5.00. The smallest absolute Gasteiger partial charge is 0.250 e. The maximum atomic E-state index is 11.2. The van der Waals surface area contributed by atoms with E-state index in [1.165, 1.54) is 0 Å². The summed E-state index contributed by atoms with van der Waals surface area (Å²) in [6.45, 7) is 1.97. The van der Waals surface area contributed by atoms with E-state index in [4.69, 9.17) is 11.5 Å². The normalized spacial score (nSPS) is 23.6. The van der Waals surface area contributed by atoms with Crippen LogP contribution in [0, 0.1) is 6.92 Å². The van der Waals surface area contributed by atoms with E-state index in [0.29, 0.717) is 5.56 Å². The second kappa shape index (κ2) is 3.55. The predicted octanol–water partition coefficient (Wildman–Crippen LogP) is 0.605. The molecule has 80 valence electrons. The number of hydrogen-bond donors (Lipinski definition) is 3. The van der Waals surface area contributed by atoms with Crippen LogP contribution in [-0.4, -0.2) is 18.0 Å². The molecule has 0 saturated heterocycles. The van der Waals surface area contributed by atoms with Gasteiger partial charge in [0.15, 0.2) is 0 Å². The zero-order chi connectivity index (χ0) is 11.0. The zero-order valence-corrected chi connectivity index (χ0v) is 8.66. The molecule has 0 aliphatic heterocycles. The lowest BCUT2D eigenvalue weighted by atomic mass is 10.1. The van der Waals surface area contributed by atoms with E-state index < -0.39 is 5.91 Å². The van der Waals surface area contributed by atoms with Crippen molar-refractivity contribution in [3.05, 3.63) is 29.3 Å². The first-order valence-corrected chi connectivity index (χ1v) is 5.00. The molecule has 1 saturated carbocycles. The lowest BCUT2D eigenvalue weighted by Gasteiger charge is -2.10. The minimum Gasteiger partial charge on any atom is -0.380 e. The lowest BCUT2D eigenvalue weighted by molar-refractivity contribution is 0.100. The molecule has 5 N–H and O–H groups in total. The number of benzene rings is 1. The van der Waals surface area contributed by atoms with Crippen LogP contribution >= 0.6 is 0 Å². The summed E-state index contributed by atoms with van der Waals surface area (Å²) >= 11 is 0. The Morgan fingerprint density at radius 1 is 1.53 bits per heavy atom. The standard InChI is InChI=1S/C11H15N3O/c1-6-2-3-7(11(13)15)9(4-6)14-10-5-8(10)12/h2-4,8,10,14H,5,12H2,1H3,(H2,13,15). The van der Waals surface area contributed by atoms with Crippen molar-refractivity contribution in [2.24, 2.45) is 11.5 Å². The highest BCUT2D eigenvalue weighted by Crippen LogP contribution is 2.26. The van der Waals surface area contributed by atoms with E-state index in [0.717, 1.165) is 17.7 Å². The summed E-state index contributed by atoms with van der Waals surface area (Å²) in [4.78, 5) is 11.2. The van der Waals surface area contributed by atoms with Crippen molar-refractivity contribution in [3.8, 4) is 0 Å². The van der Waals surface area contributed by atoms with E-state index in [1.54, 1.807) is 6.07 Å². The Hall–Kier alpha value is -1.55. The number of nitrogens with one attached hydrogen (secondary N) is 1. The van der Waals surface area contributed by atoms with Gasteiger partial charge < -0.3 is 16.8 Å². The summed E-state index contributed by atoms with van der Waals surface area (Å²) in [5.41, 5.74) is 13.4. The molecule has 2 atom stereocenters. The Morgan fingerprint density at radius 2 is 2.20 bits per heavy atom. The molecule has 0 spiro atoms. The number of anilines is 1. The molecule has 0 radical (unpaired) electrons. The highest BCUT2D eigenvalue weighted by atomic mass is 16.1. The molecule has 0 heterocycles. The van der Waals surface area contributed by atoms with Gasteiger partial charge in [0.2, 0.25) is 0 Å². The number of primary amides is 1. The van der Waals surface area contributed by atoms with Crippen LogP contribution in [0.4, 0.5) is 5.69 Å². The average molecular weight is 205 g/mol. The monoisotopic (exact) mass is 205 g/mol. The van der Waals surface area contributed by atoms with Crippen LogP contribution in [0.5, 0.6) is 0 Å². The molecule has 4 heteroatoms. The molecular weight excluding hydrogens is 190 g/mol. The molecule has 0 aromatic heterocycles. The highest BCUT2D eigenvalue weighted by molar-refractivity contribution is 5.98. The third-order valence-corrected chi connectivity index (χ3v) is 2.62. The number of carbonyl (C=O) groups excluding carboxylic acids is 1. The maximum Gasteiger partial charge on any atom is 0.250 e. The van der Waals surface area contributed by atoms with Crippen LogP contribution < -0.4 is 16.8 Å². The Morgan fingerprint density at radius 3 is 2.73 bits per heavy atom. The summed E-state index contributed by atoms with van der Waals surface area (Å²) in [5, 5.41) is 3.23. The van der Waals surface area contributed by atoms with Crippen LogP contribution in [0.25, 0.3) is 0 Å². The number of aryl methyl sites for hydroxylation is 1. The van der Waals surface area contributed by atoms with Gasteiger partial charge in [-0.2, -0.15) is 0 Å². The molecule has 1 amide bonds. The van der Waals surface area contributed by atoms with Crippen LogP contribution in [0.1, 0.15) is 22.3 Å². The van der Waals surface area contributed by atoms with E-state index in [-0.39, 0.29) is 12.1 Å². The van der Waals surface area contributed by atoms with E-state index in [1.807, 2.05) is 19.1 Å². The summed E-state index contributed by atoms with van der Waals surface area (Å²) in [5.74, 6) is -0.410. The fourth-order valence-corrected chi connectivity index (χ4v) is 1.57. The highest BCUT2D eigenvalue weighted by Gasteiger charge is 2.33. The van der Waals surface area contributed by atoms with Gasteiger partial charge in [-0.3, -0.25) is 4.79 Å². The summed E-state index contributed by atoms with van der Waals surface area (Å²) in [6.07, 6.45) is 0.951. The van der Waals surface area contributed by atoms with Gasteiger partial charge in [0.25, 0.3) is 5.91 Å². The third-order valence-electron chi connectivity index (χ3n) is 2.62. The van der Waals surface area contributed by atoms with Crippen LogP contribution in [0.3, 0.4) is 0 Å². The topological polar surface area (TPSA) is 81.1 Å². The van der Waals surface area contributed by atoms with Crippen molar-refractivity contribution in [1.29, 1.82) is 0 Å². The Kier molecular flexibility index (Phi) is 2.36. The van der Waals surface area contributed by atoms with Crippen LogP contribution in [-0.2, 0) is 0 Å². The SMILES string of the molecule is Cc1ccc(C(N)=O)c(NC2CC2N)c1. The number of rotatable bonds is 3. The fraction of sp³-hybridized carbons (Fsp3) is 0.364. The zero-order valence-electron chi connectivity index (χ0n) is 8.66. The molecule has 1 aliphatic rings. The van der Waals surface area contributed by atoms with Crippen molar-refractivity contribution in [1.82, 2.24) is 0 Å². The van der Waals surface area contributed by atoms with Crippen molar-refractivity contribution in [2.45, 2.75) is 25.4 Å². The summed E-state index contributed by atoms with van der Waals surface area (Å²) < 4.78 is 0. The summed E-state index contributed by atoms with van der Waals surface area (Å²) in [7, 11) is 0. The predicted molar refractivity (Wildman–Crippen MR) is 59.7 cm³/mol. The molecule has 2 unspecified atom stereocenters. The van der Waals surface area contributed by atoms with Gasteiger partial charge in [0.05, 0.1) is 5.56 Å². The molecule has 0 bridgehead atoms. The first-order chi connectivity index (χ1) is 7.08. The minimum absolute atomic E-state index is 0.200. The van der Waals surface area contributed by atoms with Crippen molar-refractivity contribution >= 4 is 11.6 Å². The third kappa shape index (κ3) is 2.10. The number of carbonyl (C=O) groups is 1. The Bertz CT molecular complexity index is 403. The van der Waals surface area contributed by atoms with Gasteiger partial charge >= 0.3 is 0 Å². The quantitative estimate of drug-likeness (QED) is 0.676. The van der Waals surface area contributed by atoms with Gasteiger partial charge in [0, 0.05) is 17.8 Å². The Balaban J connectivity index is 2.26. The largest absolute Gasteiger partial charge is 0.380 e. The molecule has 1 fully saturated rings. The second-order valence-electron chi connectivity index (χ2n) is 4.06. The number of amides is 1. The molecule has 4 nitrogen and oxygen atoms in total. The van der Waals surface area contributed by atoms with E-state index in [9.17, 15) is 4.79 Å². The van der Waals surface area contributed by atoms with Gasteiger partial charge in [-0.25, -0.2) is 0 Å². The van der Waals surface area contributed by atoms with Gasteiger partial charge in [-0.15, -0.1) is 0 Å². The van der Waals surface area contributed by atoms with Crippen molar-refractivity contribution in [2.75, 3.05) is 5.32 Å². The molecule has 1 aliphatic carbocycles. The second-order valence-corrected chi connectivity index (χ2v) is 4.06. The van der Waals surface area contributed by atoms with Crippen LogP contribution in [0.2, 0.25) is 0 Å². The van der Waals surface area contributed by atoms with E-state index in [2.05, 4.69) is 5.32 Å². The molecule has 1 aromatic rings. The number of nitrogens with two attached hydrogens (primary N) is 2. The molecular formula is C11H15N3O. The number of hydrogen-bond acceptors (Lipinski definition) is 3. The average Bonchev–Trinajstić information content (AvgIpc) is 2.81. The fourth-order valence-electron chi connectivity index (χ4n) is 1.57. The van der Waals surface area contributed by atoms with Crippen molar-refractivity contribution < 1.29 is 4.79 Å². The lowest BCUT2D eigenvalue weighted by Crippen LogP contribution is -2.18. The van der Waals surface area contributed by atoms with Gasteiger partial charge in [-0.05, 0) is 31.0 Å². The molecule has 2 rings (SSSR count). The van der Waals surface area contributed by atoms with Gasteiger partial charge in [-0.1, -0.05) is 6.07 Å². The Labute approximate surface area is 88.6 Å². The summed E-state index contributed by atoms with van der Waals surface area (Å²) in [6, 6.07) is 6.02. The van der Waals surface area contributed by atoms with Gasteiger partial charge in [0.1, 0.15) is 0 Å². The maximum absolute atomic E-state index is 11.2. The van der Waals surface area contributed by atoms with Crippen molar-refractivity contribution in [3.63, 3.8) is 0 Å². The molecule has 1 aromatic carbocycles. The molecule has 15 heavy (non-hydrogen) atoms. The minimum atomic E-state index is -0.410. The van der Waals surface area contributed by atoms with E-state index >= 15 is 0 Å². The first kappa shape index (κ1) is 9.98.